The molecule has 0 bridgehead atoms. The van der Waals surface area contributed by atoms with Crippen molar-refractivity contribution in [2.45, 2.75) is 39.3 Å². The summed E-state index contributed by atoms with van der Waals surface area (Å²) in [5, 5.41) is 6.16. The number of thiazole rings is 1. The van der Waals surface area contributed by atoms with Crippen LogP contribution in [0, 0.1) is 0 Å². The molecule has 1 aromatic carbocycles. The van der Waals surface area contributed by atoms with Crippen LogP contribution in [0.5, 0.6) is 17.2 Å². The molecule has 9 heteroatoms. The highest BCUT2D eigenvalue weighted by Gasteiger charge is 2.19. The van der Waals surface area contributed by atoms with Gasteiger partial charge in [0, 0.05) is 23.0 Å². The summed E-state index contributed by atoms with van der Waals surface area (Å²) in [7, 11) is 3.02. The summed E-state index contributed by atoms with van der Waals surface area (Å²) in [6.45, 7) is 4.29. The number of methoxy groups -OCH3 is 2. The minimum absolute atomic E-state index is 0.0178. The Morgan fingerprint density at radius 2 is 1.80 bits per heavy atom. The minimum Gasteiger partial charge on any atom is -0.493 e. The number of benzene rings is 1. The molecule has 3 aromatic rings. The molecule has 3 rings (SSSR count). The Bertz CT molecular complexity index is 1070. The summed E-state index contributed by atoms with van der Waals surface area (Å²) in [5.41, 5.74) is -0.171. The lowest BCUT2D eigenvalue weighted by Gasteiger charge is -2.20. The number of nitrogens with zero attached hydrogens (tertiary/aromatic N) is 2. The first kappa shape index (κ1) is 21.6. The normalized spacial score (nSPS) is 11.0. The van der Waals surface area contributed by atoms with Gasteiger partial charge in [0.1, 0.15) is 5.01 Å². The molecule has 0 aliphatic rings. The molecule has 0 aliphatic heterocycles. The molecule has 0 unspecified atom stereocenters. The average Bonchev–Trinajstić information content (AvgIpc) is 3.28. The number of ether oxygens (including phenoxy) is 3. The molecule has 160 valence electrons. The molecule has 0 atom stereocenters. The molecular weight excluding hydrogens is 406 g/mol. The van der Waals surface area contributed by atoms with Crippen LogP contribution in [0.3, 0.4) is 0 Å². The van der Waals surface area contributed by atoms with Crippen LogP contribution in [0.4, 0.5) is 4.79 Å². The Hall–Kier alpha value is -3.07. The van der Waals surface area contributed by atoms with Gasteiger partial charge in [-0.15, -0.1) is 11.3 Å². The van der Waals surface area contributed by atoms with Crippen LogP contribution in [0.1, 0.15) is 37.7 Å². The lowest BCUT2D eigenvalue weighted by molar-refractivity contribution is 0.200. The second-order valence-corrected chi connectivity index (χ2v) is 7.58. The smallest absolute Gasteiger partial charge is 0.413 e. The number of hydrogen-bond donors (Lipinski definition) is 1. The number of aromatic nitrogens is 2. The van der Waals surface area contributed by atoms with Gasteiger partial charge in [-0.3, -0.25) is 4.79 Å². The van der Waals surface area contributed by atoms with E-state index in [-0.39, 0.29) is 23.9 Å². The van der Waals surface area contributed by atoms with Crippen molar-refractivity contribution in [2.75, 3.05) is 14.2 Å². The predicted octanol–water partition coefficient (Wildman–Crippen LogP) is 4.12. The first-order valence-electron chi connectivity index (χ1n) is 9.67. The molecular formula is C21H25N3O5S. The fourth-order valence-corrected chi connectivity index (χ4v) is 3.87. The molecule has 0 radical (unpaired) electrons. The number of rotatable bonds is 8. The third-order valence-electron chi connectivity index (χ3n) is 4.92. The molecule has 0 saturated carbocycles. The summed E-state index contributed by atoms with van der Waals surface area (Å²) in [4.78, 5) is 29.7. The predicted molar refractivity (Wildman–Crippen MR) is 116 cm³/mol. The Kier molecular flexibility index (Phi) is 6.94. The summed E-state index contributed by atoms with van der Waals surface area (Å²) in [6, 6.07) is 3.25. The van der Waals surface area contributed by atoms with Crippen LogP contribution in [-0.4, -0.2) is 29.9 Å². The maximum absolute atomic E-state index is 13.2. The molecule has 1 N–H and O–H groups in total. The second kappa shape index (κ2) is 9.62. The molecule has 0 saturated heterocycles. The van der Waals surface area contributed by atoms with Crippen molar-refractivity contribution in [1.29, 1.82) is 0 Å². The van der Waals surface area contributed by atoms with Gasteiger partial charge in [-0.1, -0.05) is 13.8 Å². The zero-order valence-corrected chi connectivity index (χ0v) is 18.2. The monoisotopic (exact) mass is 431 g/mol. The van der Waals surface area contributed by atoms with Crippen LogP contribution >= 0.6 is 11.3 Å². The van der Waals surface area contributed by atoms with E-state index >= 15 is 0 Å². The molecule has 2 aromatic heterocycles. The highest BCUT2D eigenvalue weighted by molar-refractivity contribution is 7.09. The largest absolute Gasteiger partial charge is 0.493 e. The number of carbonyl (C=O) groups is 1. The number of carbonyl (C=O) groups excluding carboxylic acids is 1. The Balaban J connectivity index is 2.06. The average molecular weight is 432 g/mol. The lowest BCUT2D eigenvalue weighted by Crippen LogP contribution is -2.28. The van der Waals surface area contributed by atoms with Crippen LogP contribution in [-0.2, 0) is 6.54 Å². The molecule has 1 amide bonds. The minimum atomic E-state index is -0.629. The fraction of sp³-hybridized carbons (Fsp3) is 0.381. The quantitative estimate of drug-likeness (QED) is 0.577. The Labute approximate surface area is 178 Å². The molecule has 0 aliphatic carbocycles. The topological polar surface area (TPSA) is 91.7 Å². The first-order chi connectivity index (χ1) is 14.5. The van der Waals surface area contributed by atoms with Gasteiger partial charge in [0.2, 0.25) is 0 Å². The standard InChI is InChI=1S/C21H25N3O5S/c1-5-13(6-2)24-12-18(29-21(26)23-11-19-22-7-8-30-19)14-9-16(27-3)17(28-4)10-15(14)20(24)25/h7-10,12-13H,5-6,11H2,1-4H3,(H,23,26). The van der Waals surface area contributed by atoms with Gasteiger partial charge in [0.05, 0.1) is 32.3 Å². The lowest BCUT2D eigenvalue weighted by atomic mass is 10.1. The van der Waals surface area contributed by atoms with Crippen LogP contribution in [0.15, 0.2) is 34.7 Å². The summed E-state index contributed by atoms with van der Waals surface area (Å²) >= 11 is 1.44. The van der Waals surface area contributed by atoms with Crippen molar-refractivity contribution in [1.82, 2.24) is 14.9 Å². The van der Waals surface area contributed by atoms with Crippen LogP contribution in [0.2, 0.25) is 0 Å². The van der Waals surface area contributed by atoms with Gasteiger partial charge in [0.15, 0.2) is 17.2 Å². The molecule has 0 spiro atoms. The van der Waals surface area contributed by atoms with E-state index in [0.29, 0.717) is 22.3 Å². The van der Waals surface area contributed by atoms with Crippen molar-refractivity contribution in [3.05, 3.63) is 45.3 Å². The van der Waals surface area contributed by atoms with E-state index in [2.05, 4.69) is 10.3 Å². The summed E-state index contributed by atoms with van der Waals surface area (Å²) < 4.78 is 17.9. The van der Waals surface area contributed by atoms with E-state index in [1.807, 2.05) is 19.2 Å². The number of fused-ring (bicyclic) bond motifs is 1. The molecule has 30 heavy (non-hydrogen) atoms. The molecule has 8 nitrogen and oxygen atoms in total. The van der Waals surface area contributed by atoms with Crippen molar-refractivity contribution in [3.8, 4) is 17.2 Å². The molecule has 2 heterocycles. The van der Waals surface area contributed by atoms with Gasteiger partial charge >= 0.3 is 6.09 Å². The van der Waals surface area contributed by atoms with E-state index in [0.717, 1.165) is 17.8 Å². The van der Waals surface area contributed by atoms with Gasteiger partial charge in [-0.2, -0.15) is 0 Å². The molecule has 0 fully saturated rings. The summed E-state index contributed by atoms with van der Waals surface area (Å²) in [5.74, 6) is 1.15. The number of amides is 1. The van der Waals surface area contributed by atoms with Crippen LogP contribution in [0.25, 0.3) is 10.8 Å². The SMILES string of the molecule is CCC(CC)n1cc(OC(=O)NCc2nccs2)c2cc(OC)c(OC)cc2c1=O. The fourth-order valence-electron chi connectivity index (χ4n) is 3.31. The summed E-state index contributed by atoms with van der Waals surface area (Å²) in [6.07, 6.45) is 4.18. The van der Waals surface area contributed by atoms with Gasteiger partial charge in [0.25, 0.3) is 5.56 Å². The van der Waals surface area contributed by atoms with Gasteiger partial charge < -0.3 is 24.1 Å². The maximum Gasteiger partial charge on any atom is 0.413 e. The van der Waals surface area contributed by atoms with E-state index in [1.165, 1.54) is 25.6 Å². The van der Waals surface area contributed by atoms with E-state index in [4.69, 9.17) is 14.2 Å². The highest BCUT2D eigenvalue weighted by Crippen LogP contribution is 2.35. The van der Waals surface area contributed by atoms with Crippen LogP contribution < -0.4 is 25.1 Å². The number of pyridine rings is 1. The highest BCUT2D eigenvalue weighted by atomic mass is 32.1. The van der Waals surface area contributed by atoms with Gasteiger partial charge in [-0.05, 0) is 25.0 Å². The van der Waals surface area contributed by atoms with E-state index in [1.54, 1.807) is 29.1 Å². The van der Waals surface area contributed by atoms with Crippen molar-refractivity contribution in [2.24, 2.45) is 0 Å². The van der Waals surface area contributed by atoms with E-state index in [9.17, 15) is 9.59 Å². The number of nitrogens with one attached hydrogen (secondary N) is 1. The third kappa shape index (κ3) is 4.40. The van der Waals surface area contributed by atoms with E-state index < -0.39 is 6.09 Å². The van der Waals surface area contributed by atoms with Crippen molar-refractivity contribution in [3.63, 3.8) is 0 Å². The van der Waals surface area contributed by atoms with Gasteiger partial charge in [-0.25, -0.2) is 9.78 Å². The maximum atomic E-state index is 13.2. The first-order valence-corrected chi connectivity index (χ1v) is 10.5. The Morgan fingerprint density at radius 1 is 1.13 bits per heavy atom. The second-order valence-electron chi connectivity index (χ2n) is 6.60. The zero-order chi connectivity index (χ0) is 21.7. The number of hydrogen-bond acceptors (Lipinski definition) is 7. The van der Waals surface area contributed by atoms with Crippen molar-refractivity contribution >= 4 is 28.2 Å². The zero-order valence-electron chi connectivity index (χ0n) is 17.4. The van der Waals surface area contributed by atoms with Crippen molar-refractivity contribution < 1.29 is 19.0 Å². The third-order valence-corrected chi connectivity index (χ3v) is 5.70. The Morgan fingerprint density at radius 3 is 2.37 bits per heavy atom.